The number of nitrogens with two attached hydrogens (primary N) is 1. The van der Waals surface area contributed by atoms with Crippen LogP contribution in [0.15, 0.2) is 18.2 Å². The summed E-state index contributed by atoms with van der Waals surface area (Å²) in [5, 5.41) is 8.80. The number of ether oxygens (including phenoxy) is 1. The topological polar surface area (TPSA) is 89.6 Å². The number of aromatic carboxylic acids is 1. The molecule has 1 atom stereocenters. The number of alkyl halides is 3. The van der Waals surface area contributed by atoms with Gasteiger partial charge in [-0.25, -0.2) is 4.79 Å². The molecule has 1 rings (SSSR count). The van der Waals surface area contributed by atoms with Gasteiger partial charge in [0.15, 0.2) is 0 Å². The van der Waals surface area contributed by atoms with Gasteiger partial charge in [0.2, 0.25) is 0 Å². The summed E-state index contributed by atoms with van der Waals surface area (Å²) in [7, 11) is 1.09. The van der Waals surface area contributed by atoms with Crippen molar-refractivity contribution in [2.75, 3.05) is 7.11 Å². The third-order valence-electron chi connectivity index (χ3n) is 2.53. The molecule has 3 N–H and O–H groups in total. The largest absolute Gasteiger partial charge is 0.478 e. The van der Waals surface area contributed by atoms with Gasteiger partial charge in [-0.05, 0) is 30.2 Å². The van der Waals surface area contributed by atoms with E-state index in [1.165, 1.54) is 0 Å². The Kier molecular flexibility index (Phi) is 4.72. The van der Waals surface area contributed by atoms with Crippen molar-refractivity contribution >= 4 is 11.9 Å². The van der Waals surface area contributed by atoms with Crippen molar-refractivity contribution in [2.24, 2.45) is 5.73 Å². The number of halogens is 3. The average Bonchev–Trinajstić information content (AvgIpc) is 2.36. The van der Waals surface area contributed by atoms with Gasteiger partial charge in [0.25, 0.3) is 0 Å². The van der Waals surface area contributed by atoms with Gasteiger partial charge < -0.3 is 15.6 Å². The van der Waals surface area contributed by atoms with Crippen molar-refractivity contribution in [1.29, 1.82) is 0 Å². The van der Waals surface area contributed by atoms with Crippen LogP contribution in [0.1, 0.15) is 21.5 Å². The molecule has 0 aromatic heterocycles. The zero-order chi connectivity index (χ0) is 15.5. The number of rotatable bonds is 4. The van der Waals surface area contributed by atoms with Gasteiger partial charge in [-0.3, -0.25) is 4.79 Å². The number of carboxylic acids is 1. The Morgan fingerprint density at radius 3 is 2.40 bits per heavy atom. The molecule has 0 spiro atoms. The summed E-state index contributed by atoms with van der Waals surface area (Å²) in [5.74, 6) is -2.29. The second-order valence-electron chi connectivity index (χ2n) is 4.06. The van der Waals surface area contributed by atoms with E-state index in [1.807, 2.05) is 0 Å². The van der Waals surface area contributed by atoms with Crippen LogP contribution in [0.3, 0.4) is 0 Å². The molecule has 0 aliphatic rings. The van der Waals surface area contributed by atoms with Gasteiger partial charge in [0.05, 0.1) is 18.2 Å². The van der Waals surface area contributed by atoms with Crippen molar-refractivity contribution in [2.45, 2.75) is 18.6 Å². The zero-order valence-electron chi connectivity index (χ0n) is 10.4. The number of carbonyl (C=O) groups excluding carboxylic acids is 1. The van der Waals surface area contributed by atoms with Gasteiger partial charge in [0.1, 0.15) is 6.04 Å². The maximum Gasteiger partial charge on any atom is 0.416 e. The van der Waals surface area contributed by atoms with E-state index in [9.17, 15) is 22.8 Å². The Morgan fingerprint density at radius 2 is 1.95 bits per heavy atom. The highest BCUT2D eigenvalue weighted by molar-refractivity contribution is 5.88. The lowest BCUT2D eigenvalue weighted by Gasteiger charge is -2.13. The predicted octanol–water partition coefficient (Wildman–Crippen LogP) is 1.45. The molecular weight excluding hydrogens is 279 g/mol. The van der Waals surface area contributed by atoms with E-state index in [-0.39, 0.29) is 12.0 Å². The molecule has 1 aromatic rings. The summed E-state index contributed by atoms with van der Waals surface area (Å²) in [6.45, 7) is 0. The van der Waals surface area contributed by atoms with Crippen molar-refractivity contribution in [3.8, 4) is 0 Å². The fourth-order valence-corrected chi connectivity index (χ4v) is 1.59. The SMILES string of the molecule is COC(=O)[C@@H](N)Cc1cc(C(=O)O)cc(C(F)(F)F)c1. The smallest absolute Gasteiger partial charge is 0.416 e. The van der Waals surface area contributed by atoms with Crippen molar-refractivity contribution in [3.63, 3.8) is 0 Å². The summed E-state index contributed by atoms with van der Waals surface area (Å²) >= 11 is 0. The number of carbonyl (C=O) groups is 2. The molecule has 0 radical (unpaired) electrons. The maximum absolute atomic E-state index is 12.7. The molecule has 110 valence electrons. The van der Waals surface area contributed by atoms with E-state index >= 15 is 0 Å². The number of benzene rings is 1. The van der Waals surface area contributed by atoms with Crippen LogP contribution in [0.5, 0.6) is 0 Å². The quantitative estimate of drug-likeness (QED) is 0.819. The molecule has 0 amide bonds. The molecule has 5 nitrogen and oxygen atoms in total. The first-order valence-electron chi connectivity index (χ1n) is 5.43. The van der Waals surface area contributed by atoms with Crippen LogP contribution in [0, 0.1) is 0 Å². The standard InChI is InChI=1S/C12H12F3NO4/c1-20-11(19)9(16)4-6-2-7(10(17)18)5-8(3-6)12(13,14)15/h2-3,5,9H,4,16H2,1H3,(H,17,18)/t9-/m0/s1. The molecule has 0 saturated heterocycles. The summed E-state index contributed by atoms with van der Waals surface area (Å²) in [6.07, 6.45) is -4.94. The Balaban J connectivity index is 3.16. The molecule has 1 aromatic carbocycles. The highest BCUT2D eigenvalue weighted by Gasteiger charge is 2.32. The first-order chi connectivity index (χ1) is 9.15. The highest BCUT2D eigenvalue weighted by Crippen LogP contribution is 2.31. The second-order valence-corrected chi connectivity index (χ2v) is 4.06. The van der Waals surface area contributed by atoms with Crippen molar-refractivity contribution in [3.05, 3.63) is 34.9 Å². The third kappa shape index (κ3) is 3.95. The van der Waals surface area contributed by atoms with Crippen LogP contribution in [0.2, 0.25) is 0 Å². The van der Waals surface area contributed by atoms with E-state index in [2.05, 4.69) is 4.74 Å². The first kappa shape index (κ1) is 16.0. The van der Waals surface area contributed by atoms with Gasteiger partial charge >= 0.3 is 18.1 Å². The minimum absolute atomic E-state index is 0.00451. The normalized spacial score (nSPS) is 12.8. The highest BCUT2D eigenvalue weighted by atomic mass is 19.4. The van der Waals surface area contributed by atoms with E-state index in [4.69, 9.17) is 10.8 Å². The van der Waals surface area contributed by atoms with Gasteiger partial charge in [-0.2, -0.15) is 13.2 Å². The summed E-state index contributed by atoms with van der Waals surface area (Å²) < 4.78 is 42.3. The Morgan fingerprint density at radius 1 is 1.35 bits per heavy atom. The Labute approximate surface area is 112 Å². The number of esters is 1. The fourth-order valence-electron chi connectivity index (χ4n) is 1.59. The monoisotopic (exact) mass is 291 g/mol. The lowest BCUT2D eigenvalue weighted by Crippen LogP contribution is -2.33. The van der Waals surface area contributed by atoms with Crippen LogP contribution in [-0.2, 0) is 22.1 Å². The molecule has 0 aliphatic carbocycles. The summed E-state index contributed by atoms with van der Waals surface area (Å²) in [4.78, 5) is 21.9. The van der Waals surface area contributed by atoms with Crippen LogP contribution in [0.25, 0.3) is 0 Å². The van der Waals surface area contributed by atoms with E-state index in [0.29, 0.717) is 6.07 Å². The lowest BCUT2D eigenvalue weighted by atomic mass is 10.00. The molecule has 0 bridgehead atoms. The minimum atomic E-state index is -4.68. The molecule has 0 fully saturated rings. The molecular formula is C12H12F3NO4. The van der Waals surface area contributed by atoms with E-state index in [0.717, 1.165) is 19.2 Å². The number of hydrogen-bond acceptors (Lipinski definition) is 4. The third-order valence-corrected chi connectivity index (χ3v) is 2.53. The maximum atomic E-state index is 12.7. The Bertz CT molecular complexity index is 528. The summed E-state index contributed by atoms with van der Waals surface area (Å²) in [6, 6.07) is 1.16. The van der Waals surface area contributed by atoms with E-state index in [1.54, 1.807) is 0 Å². The molecule has 0 unspecified atom stereocenters. The zero-order valence-corrected chi connectivity index (χ0v) is 10.4. The minimum Gasteiger partial charge on any atom is -0.478 e. The van der Waals surface area contributed by atoms with Crippen LogP contribution in [-0.4, -0.2) is 30.2 Å². The molecule has 0 saturated carbocycles. The second kappa shape index (κ2) is 5.91. The molecule has 8 heteroatoms. The predicted molar refractivity (Wildman–Crippen MR) is 62.1 cm³/mol. The summed E-state index contributed by atoms with van der Waals surface area (Å²) in [5.41, 5.74) is 3.81. The van der Waals surface area contributed by atoms with Crippen LogP contribution in [0.4, 0.5) is 13.2 Å². The molecule has 20 heavy (non-hydrogen) atoms. The van der Waals surface area contributed by atoms with Gasteiger partial charge in [-0.1, -0.05) is 0 Å². The van der Waals surface area contributed by atoms with Gasteiger partial charge in [-0.15, -0.1) is 0 Å². The van der Waals surface area contributed by atoms with Crippen LogP contribution < -0.4 is 5.73 Å². The Hall–Kier alpha value is -2.09. The fraction of sp³-hybridized carbons (Fsp3) is 0.333. The lowest BCUT2D eigenvalue weighted by molar-refractivity contribution is -0.142. The number of hydrogen-bond donors (Lipinski definition) is 2. The van der Waals surface area contributed by atoms with Crippen LogP contribution >= 0.6 is 0 Å². The molecule has 0 heterocycles. The van der Waals surface area contributed by atoms with Crippen molar-refractivity contribution < 1.29 is 32.6 Å². The van der Waals surface area contributed by atoms with Crippen molar-refractivity contribution in [1.82, 2.24) is 0 Å². The molecule has 0 aliphatic heterocycles. The number of methoxy groups -OCH3 is 1. The van der Waals surface area contributed by atoms with Gasteiger partial charge in [0, 0.05) is 0 Å². The van der Waals surface area contributed by atoms with E-state index < -0.39 is 35.3 Å². The number of carboxylic acid groups (broad SMARTS) is 1. The average molecular weight is 291 g/mol. The first-order valence-corrected chi connectivity index (χ1v) is 5.43.